The Kier molecular flexibility index (Phi) is 3.39. The fraction of sp³-hybridized carbons (Fsp3) is 0.500. The second-order valence-corrected chi connectivity index (χ2v) is 9.86. The summed E-state index contributed by atoms with van der Waals surface area (Å²) in [6, 6.07) is 8.72. The van der Waals surface area contributed by atoms with Crippen molar-refractivity contribution in [2.75, 3.05) is 7.11 Å². The van der Waals surface area contributed by atoms with Crippen LogP contribution in [-0.2, 0) is 0 Å². The Bertz CT molecular complexity index is 793. The topological polar surface area (TPSA) is 25.0 Å². The van der Waals surface area contributed by atoms with Crippen LogP contribution in [0.2, 0.25) is 0 Å². The van der Waals surface area contributed by atoms with Crippen molar-refractivity contribution in [1.82, 2.24) is 4.98 Å². The molecule has 2 aliphatic carbocycles. The van der Waals surface area contributed by atoms with E-state index in [0.29, 0.717) is 5.92 Å². The highest BCUT2D eigenvalue weighted by atomic mass is 32.2. The number of aromatic amines is 1. The van der Waals surface area contributed by atoms with Crippen LogP contribution in [0.1, 0.15) is 35.6 Å². The molecule has 0 amide bonds. The highest BCUT2D eigenvalue weighted by molar-refractivity contribution is 8.00. The highest BCUT2D eigenvalue weighted by Crippen LogP contribution is 2.64. The molecule has 5 rings (SSSR count). The first kappa shape index (κ1) is 14.6. The summed E-state index contributed by atoms with van der Waals surface area (Å²) < 4.78 is 6.27. The van der Waals surface area contributed by atoms with Gasteiger partial charge in [-0.1, -0.05) is 12.1 Å². The Hall–Kier alpha value is -0.780. The molecule has 2 aromatic rings. The minimum absolute atomic E-state index is 0.510. The van der Waals surface area contributed by atoms with Crippen molar-refractivity contribution in [2.45, 2.75) is 35.5 Å². The fourth-order valence-electron chi connectivity index (χ4n) is 5.03. The number of nitrogens with one attached hydrogen (secondary N) is 1. The SMILES string of the molecule is COc1ccc([C@H]2c3sc(=S)[nH]c3S[C@H]3[C@@H]4CC[C@@H](C4)[C@H]23)cc1. The van der Waals surface area contributed by atoms with E-state index in [1.165, 1.54) is 34.7 Å². The van der Waals surface area contributed by atoms with E-state index in [0.717, 1.165) is 32.7 Å². The molecule has 2 fully saturated rings. The van der Waals surface area contributed by atoms with Crippen LogP contribution in [0, 0.1) is 21.7 Å². The van der Waals surface area contributed by atoms with E-state index < -0.39 is 0 Å². The van der Waals surface area contributed by atoms with Crippen LogP contribution in [-0.4, -0.2) is 17.3 Å². The molecule has 120 valence electrons. The number of rotatable bonds is 2. The quantitative estimate of drug-likeness (QED) is 0.718. The second kappa shape index (κ2) is 5.36. The number of hydrogen-bond donors (Lipinski definition) is 1. The van der Waals surface area contributed by atoms with Crippen LogP contribution < -0.4 is 4.74 Å². The summed E-state index contributed by atoms with van der Waals surface area (Å²) in [6.45, 7) is 0. The van der Waals surface area contributed by atoms with E-state index in [4.69, 9.17) is 17.0 Å². The maximum Gasteiger partial charge on any atom is 0.159 e. The number of benzene rings is 1. The third-order valence-corrected chi connectivity index (χ3v) is 8.92. The van der Waals surface area contributed by atoms with Crippen molar-refractivity contribution < 1.29 is 4.74 Å². The first-order valence-electron chi connectivity index (χ1n) is 8.28. The Morgan fingerprint density at radius 1 is 1.17 bits per heavy atom. The summed E-state index contributed by atoms with van der Waals surface area (Å²) in [6.07, 6.45) is 4.28. The number of hydrogen-bond acceptors (Lipinski definition) is 4. The molecular formula is C18H19NOS3. The van der Waals surface area contributed by atoms with E-state index in [1.807, 2.05) is 0 Å². The average Bonchev–Trinajstić information content (AvgIpc) is 3.26. The minimum atomic E-state index is 0.510. The lowest BCUT2D eigenvalue weighted by molar-refractivity contribution is 0.307. The van der Waals surface area contributed by atoms with Gasteiger partial charge >= 0.3 is 0 Å². The van der Waals surface area contributed by atoms with Crippen molar-refractivity contribution >= 4 is 35.3 Å². The van der Waals surface area contributed by atoms with E-state index in [1.54, 1.807) is 18.4 Å². The Morgan fingerprint density at radius 3 is 2.74 bits per heavy atom. The molecule has 0 unspecified atom stereocenters. The van der Waals surface area contributed by atoms with Gasteiger partial charge in [-0.25, -0.2) is 0 Å². The smallest absolute Gasteiger partial charge is 0.159 e. The fourth-order valence-corrected chi connectivity index (χ4v) is 8.37. The zero-order valence-electron chi connectivity index (χ0n) is 13.0. The van der Waals surface area contributed by atoms with Gasteiger partial charge in [-0.05, 0) is 66.9 Å². The first-order valence-corrected chi connectivity index (χ1v) is 10.4. The Labute approximate surface area is 149 Å². The molecule has 5 heteroatoms. The number of aromatic nitrogens is 1. The van der Waals surface area contributed by atoms with Crippen LogP contribution in [0.5, 0.6) is 5.75 Å². The Morgan fingerprint density at radius 2 is 1.96 bits per heavy atom. The summed E-state index contributed by atoms with van der Waals surface area (Å²) in [7, 11) is 1.73. The number of thioether (sulfide) groups is 1. The predicted molar refractivity (Wildman–Crippen MR) is 98.3 cm³/mol. The molecule has 2 saturated carbocycles. The van der Waals surface area contributed by atoms with Crippen molar-refractivity contribution in [3.63, 3.8) is 0 Å². The van der Waals surface area contributed by atoms with E-state index in [-0.39, 0.29) is 0 Å². The van der Waals surface area contributed by atoms with Crippen molar-refractivity contribution in [3.05, 3.63) is 38.7 Å². The van der Waals surface area contributed by atoms with Gasteiger partial charge in [0.25, 0.3) is 0 Å². The lowest BCUT2D eigenvalue weighted by Crippen LogP contribution is -2.33. The van der Waals surface area contributed by atoms with Crippen LogP contribution in [0.15, 0.2) is 29.3 Å². The van der Waals surface area contributed by atoms with E-state index in [9.17, 15) is 0 Å². The lowest BCUT2D eigenvalue weighted by Gasteiger charge is -2.40. The molecule has 0 spiro atoms. The first-order chi connectivity index (χ1) is 11.2. The molecular weight excluding hydrogens is 342 g/mol. The molecule has 1 aromatic heterocycles. The molecule has 5 atom stereocenters. The summed E-state index contributed by atoms with van der Waals surface area (Å²) in [5, 5.41) is 2.11. The highest BCUT2D eigenvalue weighted by Gasteiger charge is 2.54. The molecule has 23 heavy (non-hydrogen) atoms. The van der Waals surface area contributed by atoms with Crippen molar-refractivity contribution in [2.24, 2.45) is 17.8 Å². The predicted octanol–water partition coefficient (Wildman–Crippen LogP) is 5.47. The van der Waals surface area contributed by atoms with Gasteiger partial charge in [-0.3, -0.25) is 0 Å². The number of fused-ring (bicyclic) bond motifs is 6. The normalized spacial score (nSPS) is 34.2. The number of thiazole rings is 1. The van der Waals surface area contributed by atoms with Gasteiger partial charge in [0.15, 0.2) is 3.95 Å². The zero-order valence-corrected chi connectivity index (χ0v) is 15.4. The second-order valence-electron chi connectivity index (χ2n) is 6.95. The number of ether oxygens (including phenoxy) is 1. The molecule has 0 saturated heterocycles. The Balaban J connectivity index is 1.64. The van der Waals surface area contributed by atoms with Crippen LogP contribution >= 0.6 is 35.3 Å². The molecule has 3 aliphatic rings. The zero-order chi connectivity index (χ0) is 15.6. The molecule has 1 N–H and O–H groups in total. The monoisotopic (exact) mass is 361 g/mol. The van der Waals surface area contributed by atoms with E-state index >= 15 is 0 Å². The molecule has 2 heterocycles. The third kappa shape index (κ3) is 2.16. The standard InChI is InChI=1S/C18H19NOS3/c1-20-12-6-4-9(5-7-12)13-14-10-2-3-11(8-10)15(14)22-17-16(13)23-18(21)19-17/h4-7,10-11,13-15H,2-3,8H2,1H3,(H,19,21)/t10-,11+,13+,14+,15-/m0/s1. The summed E-state index contributed by atoms with van der Waals surface area (Å²) in [4.78, 5) is 4.93. The molecule has 1 aromatic carbocycles. The van der Waals surface area contributed by atoms with Crippen molar-refractivity contribution in [1.29, 1.82) is 0 Å². The van der Waals surface area contributed by atoms with Gasteiger partial charge in [0.05, 0.1) is 12.1 Å². The summed E-state index contributed by atoms with van der Waals surface area (Å²) in [5.41, 5.74) is 1.43. The minimum Gasteiger partial charge on any atom is -0.497 e. The van der Waals surface area contributed by atoms with Gasteiger partial charge in [-0.15, -0.1) is 23.1 Å². The van der Waals surface area contributed by atoms with Gasteiger partial charge in [0.1, 0.15) is 5.75 Å². The van der Waals surface area contributed by atoms with Gasteiger partial charge < -0.3 is 9.72 Å². The molecule has 1 aliphatic heterocycles. The summed E-state index contributed by atoms with van der Waals surface area (Å²) >= 11 is 9.33. The lowest BCUT2D eigenvalue weighted by atomic mass is 9.75. The molecule has 2 nitrogen and oxygen atoms in total. The molecule has 0 radical (unpaired) electrons. The molecule has 2 bridgehead atoms. The largest absolute Gasteiger partial charge is 0.497 e. The third-order valence-electron chi connectivity index (χ3n) is 5.94. The maximum atomic E-state index is 5.46. The van der Waals surface area contributed by atoms with Gasteiger partial charge in [0.2, 0.25) is 0 Å². The maximum absolute atomic E-state index is 5.46. The average molecular weight is 362 g/mol. The van der Waals surface area contributed by atoms with Gasteiger partial charge in [0, 0.05) is 16.0 Å². The van der Waals surface area contributed by atoms with Gasteiger partial charge in [-0.2, -0.15) is 0 Å². The van der Waals surface area contributed by atoms with Crippen molar-refractivity contribution in [3.8, 4) is 5.75 Å². The van der Waals surface area contributed by atoms with Crippen LogP contribution in [0.3, 0.4) is 0 Å². The van der Waals surface area contributed by atoms with E-state index in [2.05, 4.69) is 41.0 Å². The number of H-pyrrole nitrogens is 1. The summed E-state index contributed by atoms with van der Waals surface area (Å²) in [5.74, 6) is 4.03. The van der Waals surface area contributed by atoms with Crippen LogP contribution in [0.4, 0.5) is 0 Å². The number of methoxy groups -OCH3 is 1. The van der Waals surface area contributed by atoms with Crippen LogP contribution in [0.25, 0.3) is 0 Å².